The van der Waals surface area contributed by atoms with Gasteiger partial charge in [0.15, 0.2) is 0 Å². The maximum Gasteiger partial charge on any atom is 0.237 e. The monoisotopic (exact) mass is 307 g/mol. The van der Waals surface area contributed by atoms with Crippen molar-refractivity contribution in [3.63, 3.8) is 0 Å². The number of benzene rings is 1. The summed E-state index contributed by atoms with van der Waals surface area (Å²) in [5.41, 5.74) is 1.60. The predicted octanol–water partition coefficient (Wildman–Crippen LogP) is 2.23. The summed E-state index contributed by atoms with van der Waals surface area (Å²) in [6.07, 6.45) is 0. The average molecular weight is 308 g/mol. The number of carbonyl (C=O) groups excluding carboxylic acids is 1. The predicted molar refractivity (Wildman–Crippen MR) is 73.4 cm³/mol. The number of carbonyl (C=O) groups is 1. The SMILES string of the molecule is Cc1ccc(Br)cc1C(=O)C#CN1CCOCC1. The molecule has 4 heteroatoms. The van der Waals surface area contributed by atoms with Crippen LogP contribution in [0.5, 0.6) is 0 Å². The fourth-order valence-electron chi connectivity index (χ4n) is 1.71. The molecule has 0 spiro atoms. The van der Waals surface area contributed by atoms with Gasteiger partial charge in [-0.1, -0.05) is 22.0 Å². The van der Waals surface area contributed by atoms with Crippen LogP contribution in [-0.4, -0.2) is 37.0 Å². The minimum Gasteiger partial charge on any atom is -0.378 e. The molecule has 0 radical (unpaired) electrons. The van der Waals surface area contributed by atoms with E-state index in [1.165, 1.54) is 0 Å². The molecule has 3 nitrogen and oxygen atoms in total. The number of nitrogens with zero attached hydrogens (tertiary/aromatic N) is 1. The number of hydrogen-bond donors (Lipinski definition) is 0. The molecule has 1 aliphatic rings. The number of morpholine rings is 1. The maximum atomic E-state index is 12.0. The first kappa shape index (κ1) is 13.1. The van der Waals surface area contributed by atoms with Gasteiger partial charge in [-0.25, -0.2) is 0 Å². The van der Waals surface area contributed by atoms with E-state index in [0.29, 0.717) is 18.8 Å². The van der Waals surface area contributed by atoms with Gasteiger partial charge in [0, 0.05) is 29.2 Å². The molecule has 1 aliphatic heterocycles. The summed E-state index contributed by atoms with van der Waals surface area (Å²) in [4.78, 5) is 13.9. The topological polar surface area (TPSA) is 29.5 Å². The Morgan fingerprint density at radius 1 is 1.39 bits per heavy atom. The number of aryl methyl sites for hydroxylation is 1. The fourth-order valence-corrected chi connectivity index (χ4v) is 2.07. The van der Waals surface area contributed by atoms with Crippen LogP contribution < -0.4 is 0 Å². The first-order chi connectivity index (χ1) is 8.66. The summed E-state index contributed by atoms with van der Waals surface area (Å²) in [5.74, 6) is 2.56. The molecule has 18 heavy (non-hydrogen) atoms. The van der Waals surface area contributed by atoms with E-state index in [1.807, 2.05) is 30.0 Å². The van der Waals surface area contributed by atoms with Crippen molar-refractivity contribution in [2.24, 2.45) is 0 Å². The van der Waals surface area contributed by atoms with E-state index in [2.05, 4.69) is 27.9 Å². The Kier molecular flexibility index (Phi) is 4.40. The summed E-state index contributed by atoms with van der Waals surface area (Å²) in [7, 11) is 0. The van der Waals surface area contributed by atoms with Crippen molar-refractivity contribution in [3.8, 4) is 12.0 Å². The summed E-state index contributed by atoms with van der Waals surface area (Å²) >= 11 is 3.36. The zero-order chi connectivity index (χ0) is 13.0. The van der Waals surface area contributed by atoms with Crippen LogP contribution >= 0.6 is 15.9 Å². The number of rotatable bonds is 1. The average Bonchev–Trinajstić information content (AvgIpc) is 2.40. The lowest BCUT2D eigenvalue weighted by molar-refractivity contribution is 0.0637. The van der Waals surface area contributed by atoms with Gasteiger partial charge in [0.1, 0.15) is 0 Å². The molecule has 1 aromatic carbocycles. The standard InChI is InChI=1S/C14H14BrNO2/c1-11-2-3-12(15)10-13(11)14(17)4-5-16-6-8-18-9-7-16/h2-3,10H,6-9H2,1H3. The highest BCUT2D eigenvalue weighted by molar-refractivity contribution is 9.10. The zero-order valence-corrected chi connectivity index (χ0v) is 11.8. The Balaban J connectivity index is 2.11. The van der Waals surface area contributed by atoms with Crippen molar-refractivity contribution in [1.29, 1.82) is 0 Å². The molecule has 0 unspecified atom stereocenters. The highest BCUT2D eigenvalue weighted by Gasteiger charge is 2.09. The molecule has 0 bridgehead atoms. The minimum absolute atomic E-state index is 0.139. The molecule has 0 atom stereocenters. The lowest BCUT2D eigenvalue weighted by Crippen LogP contribution is -2.32. The van der Waals surface area contributed by atoms with Gasteiger partial charge in [-0.3, -0.25) is 4.79 Å². The molecular formula is C14H14BrNO2. The summed E-state index contributed by atoms with van der Waals surface area (Å²) in [5, 5.41) is 0. The number of hydrogen-bond acceptors (Lipinski definition) is 3. The third kappa shape index (κ3) is 3.34. The van der Waals surface area contributed by atoms with E-state index >= 15 is 0 Å². The lowest BCUT2D eigenvalue weighted by atomic mass is 10.1. The van der Waals surface area contributed by atoms with Gasteiger partial charge in [-0.05, 0) is 30.5 Å². The number of ether oxygens (including phenoxy) is 1. The van der Waals surface area contributed by atoms with Gasteiger partial charge in [-0.2, -0.15) is 0 Å². The summed E-state index contributed by atoms with van der Waals surface area (Å²) in [6.45, 7) is 4.79. The molecule has 94 valence electrons. The van der Waals surface area contributed by atoms with Crippen LogP contribution in [0.1, 0.15) is 15.9 Å². The van der Waals surface area contributed by atoms with E-state index in [1.54, 1.807) is 0 Å². The summed E-state index contributed by atoms with van der Waals surface area (Å²) < 4.78 is 6.12. The maximum absolute atomic E-state index is 12.0. The van der Waals surface area contributed by atoms with Crippen LogP contribution in [0.25, 0.3) is 0 Å². The van der Waals surface area contributed by atoms with Crippen LogP contribution in [0.3, 0.4) is 0 Å². The van der Waals surface area contributed by atoms with Crippen molar-refractivity contribution in [1.82, 2.24) is 4.90 Å². The Bertz CT molecular complexity index is 510. The van der Waals surface area contributed by atoms with E-state index in [-0.39, 0.29) is 5.78 Å². The van der Waals surface area contributed by atoms with Crippen molar-refractivity contribution >= 4 is 21.7 Å². The molecule has 1 aromatic rings. The van der Waals surface area contributed by atoms with Crippen LogP contribution in [0.4, 0.5) is 0 Å². The number of halogens is 1. The van der Waals surface area contributed by atoms with Crippen molar-refractivity contribution < 1.29 is 9.53 Å². The van der Waals surface area contributed by atoms with E-state index in [4.69, 9.17) is 4.74 Å². The van der Waals surface area contributed by atoms with Gasteiger partial charge in [0.25, 0.3) is 0 Å². The molecule has 1 heterocycles. The zero-order valence-electron chi connectivity index (χ0n) is 10.2. The normalized spacial score (nSPS) is 14.9. The van der Waals surface area contributed by atoms with E-state index in [9.17, 15) is 4.79 Å². The first-order valence-electron chi connectivity index (χ1n) is 5.81. The molecule has 0 amide bonds. The van der Waals surface area contributed by atoms with Gasteiger partial charge in [0.2, 0.25) is 5.78 Å². The number of Topliss-reactive ketones (excluding diaryl/α,β-unsaturated/α-hetero) is 1. The Morgan fingerprint density at radius 2 is 2.11 bits per heavy atom. The second-order valence-corrected chi connectivity index (χ2v) is 5.04. The molecule has 1 saturated heterocycles. The Morgan fingerprint density at radius 3 is 2.83 bits per heavy atom. The highest BCUT2D eigenvalue weighted by atomic mass is 79.9. The quantitative estimate of drug-likeness (QED) is 0.588. The smallest absolute Gasteiger partial charge is 0.237 e. The Labute approximate surface area is 115 Å². The largest absolute Gasteiger partial charge is 0.378 e. The van der Waals surface area contributed by atoms with Crippen LogP contribution in [0, 0.1) is 18.9 Å². The third-order valence-electron chi connectivity index (χ3n) is 2.78. The van der Waals surface area contributed by atoms with Crippen LogP contribution in [0.2, 0.25) is 0 Å². The van der Waals surface area contributed by atoms with Crippen LogP contribution in [0.15, 0.2) is 22.7 Å². The van der Waals surface area contributed by atoms with Crippen molar-refractivity contribution in [2.45, 2.75) is 6.92 Å². The fraction of sp³-hybridized carbons (Fsp3) is 0.357. The van der Waals surface area contributed by atoms with Crippen molar-refractivity contribution in [2.75, 3.05) is 26.3 Å². The second kappa shape index (κ2) is 6.03. The van der Waals surface area contributed by atoms with E-state index < -0.39 is 0 Å². The third-order valence-corrected chi connectivity index (χ3v) is 3.28. The Hall–Kier alpha value is -1.31. The van der Waals surface area contributed by atoms with Crippen molar-refractivity contribution in [3.05, 3.63) is 33.8 Å². The molecule has 0 aromatic heterocycles. The highest BCUT2D eigenvalue weighted by Crippen LogP contribution is 2.16. The van der Waals surface area contributed by atoms with Gasteiger partial charge in [-0.15, -0.1) is 0 Å². The molecule has 2 rings (SSSR count). The molecular weight excluding hydrogens is 294 g/mol. The number of ketones is 1. The first-order valence-corrected chi connectivity index (χ1v) is 6.61. The van der Waals surface area contributed by atoms with E-state index in [0.717, 1.165) is 23.1 Å². The minimum atomic E-state index is -0.139. The van der Waals surface area contributed by atoms with Gasteiger partial charge >= 0.3 is 0 Å². The van der Waals surface area contributed by atoms with Gasteiger partial charge in [0.05, 0.1) is 13.2 Å². The molecule has 0 saturated carbocycles. The summed E-state index contributed by atoms with van der Waals surface area (Å²) in [6, 6.07) is 8.54. The molecule has 1 fully saturated rings. The van der Waals surface area contributed by atoms with Gasteiger partial charge < -0.3 is 9.64 Å². The van der Waals surface area contributed by atoms with Crippen LogP contribution in [-0.2, 0) is 4.74 Å². The molecule has 0 N–H and O–H groups in total. The second-order valence-electron chi connectivity index (χ2n) is 4.12. The molecule has 0 aliphatic carbocycles. The lowest BCUT2D eigenvalue weighted by Gasteiger charge is -2.22.